The minimum Gasteiger partial charge on any atom is -0.483 e. The summed E-state index contributed by atoms with van der Waals surface area (Å²) < 4.78 is 16.4. The molecule has 3 rings (SSSR count). The first-order valence-corrected chi connectivity index (χ1v) is 9.49. The molecule has 2 aromatic carbocycles. The molecule has 158 valence electrons. The Hall–Kier alpha value is -3.55. The molecule has 0 bridgehead atoms. The third kappa shape index (κ3) is 5.28. The first-order valence-electron chi connectivity index (χ1n) is 9.49. The van der Waals surface area contributed by atoms with Gasteiger partial charge in [0.25, 0.3) is 11.8 Å². The second-order valence-electron chi connectivity index (χ2n) is 7.44. The second kappa shape index (κ2) is 8.86. The molecular formula is C22H24N2O6. The standard InChI is InChI=1S/C22H24N2O6/c1-22(2)11-15-5-4-6-17(20(15)30-22)28-13-19(26)29-12-18(25)24-16-9-7-14(8-10-16)21(27)23-3/h4-10H,11-13H2,1-3H3,(H,23,27)(H,24,25). The maximum Gasteiger partial charge on any atom is 0.344 e. The number of esters is 1. The van der Waals surface area contributed by atoms with Crippen molar-refractivity contribution in [3.8, 4) is 11.5 Å². The van der Waals surface area contributed by atoms with Crippen LogP contribution in [0.5, 0.6) is 11.5 Å². The van der Waals surface area contributed by atoms with Gasteiger partial charge in [0, 0.05) is 30.3 Å². The molecule has 0 atom stereocenters. The molecule has 2 N–H and O–H groups in total. The largest absolute Gasteiger partial charge is 0.483 e. The molecule has 0 saturated carbocycles. The van der Waals surface area contributed by atoms with E-state index in [0.717, 1.165) is 12.0 Å². The molecule has 0 radical (unpaired) electrons. The van der Waals surface area contributed by atoms with E-state index < -0.39 is 18.5 Å². The van der Waals surface area contributed by atoms with Gasteiger partial charge in [0.15, 0.2) is 24.7 Å². The van der Waals surface area contributed by atoms with Crippen LogP contribution in [0, 0.1) is 0 Å². The molecule has 1 aliphatic rings. The van der Waals surface area contributed by atoms with Gasteiger partial charge in [-0.25, -0.2) is 4.79 Å². The molecule has 2 amide bonds. The van der Waals surface area contributed by atoms with Gasteiger partial charge in [0.2, 0.25) is 0 Å². The first-order chi connectivity index (χ1) is 14.3. The highest BCUT2D eigenvalue weighted by Crippen LogP contribution is 2.41. The molecular weight excluding hydrogens is 388 g/mol. The van der Waals surface area contributed by atoms with Gasteiger partial charge in [-0.1, -0.05) is 12.1 Å². The van der Waals surface area contributed by atoms with Crippen LogP contribution < -0.4 is 20.1 Å². The number of rotatable bonds is 7. The molecule has 2 aromatic rings. The number of para-hydroxylation sites is 1. The minimum atomic E-state index is -0.671. The summed E-state index contributed by atoms with van der Waals surface area (Å²) in [6.45, 7) is 3.18. The maximum atomic E-state index is 12.0. The zero-order valence-corrected chi connectivity index (χ0v) is 17.1. The Labute approximate surface area is 174 Å². The summed E-state index contributed by atoms with van der Waals surface area (Å²) in [5.74, 6) is -0.291. The molecule has 0 spiro atoms. The van der Waals surface area contributed by atoms with Gasteiger partial charge < -0.3 is 24.8 Å². The van der Waals surface area contributed by atoms with E-state index in [1.807, 2.05) is 26.0 Å². The Morgan fingerprint density at radius 3 is 2.50 bits per heavy atom. The quantitative estimate of drug-likeness (QED) is 0.677. The number of anilines is 1. The van der Waals surface area contributed by atoms with Crippen LogP contribution in [0.1, 0.15) is 29.8 Å². The van der Waals surface area contributed by atoms with E-state index >= 15 is 0 Å². The van der Waals surface area contributed by atoms with Crippen molar-refractivity contribution in [2.75, 3.05) is 25.6 Å². The highest BCUT2D eigenvalue weighted by atomic mass is 16.6. The number of fused-ring (bicyclic) bond motifs is 1. The van der Waals surface area contributed by atoms with Crippen LogP contribution in [0.25, 0.3) is 0 Å². The summed E-state index contributed by atoms with van der Waals surface area (Å²) in [7, 11) is 1.54. The second-order valence-corrected chi connectivity index (χ2v) is 7.44. The number of benzene rings is 2. The van der Waals surface area contributed by atoms with Crippen LogP contribution in [-0.4, -0.2) is 43.6 Å². The maximum absolute atomic E-state index is 12.0. The number of ether oxygens (including phenoxy) is 3. The Bertz CT molecular complexity index is 953. The van der Waals surface area contributed by atoms with Gasteiger partial charge in [-0.05, 0) is 44.2 Å². The van der Waals surface area contributed by atoms with Crippen molar-refractivity contribution < 1.29 is 28.6 Å². The van der Waals surface area contributed by atoms with E-state index in [4.69, 9.17) is 14.2 Å². The van der Waals surface area contributed by atoms with E-state index in [1.54, 1.807) is 30.3 Å². The molecule has 8 heteroatoms. The number of amides is 2. The number of hydrogen-bond donors (Lipinski definition) is 2. The average Bonchev–Trinajstić information content (AvgIpc) is 3.05. The minimum absolute atomic E-state index is 0.222. The van der Waals surface area contributed by atoms with E-state index in [0.29, 0.717) is 22.7 Å². The van der Waals surface area contributed by atoms with Gasteiger partial charge in [-0.3, -0.25) is 9.59 Å². The van der Waals surface area contributed by atoms with Gasteiger partial charge in [0.05, 0.1) is 0 Å². The highest BCUT2D eigenvalue weighted by Gasteiger charge is 2.32. The number of carbonyl (C=O) groups excluding carboxylic acids is 3. The average molecular weight is 412 g/mol. The van der Waals surface area contributed by atoms with Crippen LogP contribution in [0.4, 0.5) is 5.69 Å². The molecule has 0 aromatic heterocycles. The topological polar surface area (TPSA) is 103 Å². The van der Waals surface area contributed by atoms with Crippen molar-refractivity contribution in [2.24, 2.45) is 0 Å². The summed E-state index contributed by atoms with van der Waals surface area (Å²) in [6, 6.07) is 11.9. The van der Waals surface area contributed by atoms with Crippen molar-refractivity contribution in [2.45, 2.75) is 25.9 Å². The van der Waals surface area contributed by atoms with Crippen LogP contribution in [0.3, 0.4) is 0 Å². The Balaban J connectivity index is 1.45. The lowest BCUT2D eigenvalue weighted by atomic mass is 10.0. The fourth-order valence-corrected chi connectivity index (χ4v) is 3.07. The first kappa shape index (κ1) is 21.2. The predicted octanol–water partition coefficient (Wildman–Crippen LogP) is 2.32. The predicted molar refractivity (Wildman–Crippen MR) is 110 cm³/mol. The monoisotopic (exact) mass is 412 g/mol. The van der Waals surface area contributed by atoms with E-state index in [2.05, 4.69) is 10.6 Å². The van der Waals surface area contributed by atoms with Crippen LogP contribution >= 0.6 is 0 Å². The third-order valence-corrected chi connectivity index (χ3v) is 4.42. The fraction of sp³-hybridized carbons (Fsp3) is 0.318. The zero-order valence-electron chi connectivity index (χ0n) is 17.1. The molecule has 30 heavy (non-hydrogen) atoms. The lowest BCUT2D eigenvalue weighted by molar-refractivity contribution is -0.149. The van der Waals surface area contributed by atoms with Crippen molar-refractivity contribution >= 4 is 23.5 Å². The van der Waals surface area contributed by atoms with Gasteiger partial charge >= 0.3 is 5.97 Å². The van der Waals surface area contributed by atoms with Crippen LogP contribution in [0.2, 0.25) is 0 Å². The smallest absolute Gasteiger partial charge is 0.344 e. The number of carbonyl (C=O) groups is 3. The molecule has 0 aliphatic carbocycles. The zero-order chi connectivity index (χ0) is 21.7. The molecule has 1 aliphatic heterocycles. The summed E-state index contributed by atoms with van der Waals surface area (Å²) in [5, 5.41) is 5.10. The summed E-state index contributed by atoms with van der Waals surface area (Å²) in [4.78, 5) is 35.4. The van der Waals surface area contributed by atoms with Crippen molar-refractivity contribution in [1.29, 1.82) is 0 Å². The molecule has 0 saturated heterocycles. The lowest BCUT2D eigenvalue weighted by Gasteiger charge is -2.18. The molecule has 0 fully saturated rings. The van der Waals surface area contributed by atoms with Crippen molar-refractivity contribution in [3.63, 3.8) is 0 Å². The van der Waals surface area contributed by atoms with Crippen molar-refractivity contribution in [3.05, 3.63) is 53.6 Å². The van der Waals surface area contributed by atoms with E-state index in [-0.39, 0.29) is 18.1 Å². The highest BCUT2D eigenvalue weighted by molar-refractivity contribution is 5.96. The molecule has 0 unspecified atom stereocenters. The Morgan fingerprint density at radius 2 is 1.80 bits per heavy atom. The third-order valence-electron chi connectivity index (χ3n) is 4.42. The van der Waals surface area contributed by atoms with Gasteiger partial charge in [-0.2, -0.15) is 0 Å². The number of hydrogen-bond acceptors (Lipinski definition) is 6. The lowest BCUT2D eigenvalue weighted by Crippen LogP contribution is -2.25. The molecule has 8 nitrogen and oxygen atoms in total. The van der Waals surface area contributed by atoms with Crippen molar-refractivity contribution in [1.82, 2.24) is 5.32 Å². The van der Waals surface area contributed by atoms with Crippen LogP contribution in [-0.2, 0) is 20.7 Å². The Kier molecular flexibility index (Phi) is 6.25. The summed E-state index contributed by atoms with van der Waals surface area (Å²) in [5.41, 5.74) is 1.66. The van der Waals surface area contributed by atoms with Gasteiger partial charge in [0.1, 0.15) is 5.60 Å². The van der Waals surface area contributed by atoms with E-state index in [1.165, 1.54) is 7.05 Å². The normalized spacial score (nSPS) is 13.6. The fourth-order valence-electron chi connectivity index (χ4n) is 3.07. The summed E-state index contributed by atoms with van der Waals surface area (Å²) in [6.07, 6.45) is 0.758. The Morgan fingerprint density at radius 1 is 1.07 bits per heavy atom. The van der Waals surface area contributed by atoms with E-state index in [9.17, 15) is 14.4 Å². The SMILES string of the molecule is CNC(=O)c1ccc(NC(=O)COC(=O)COc2cccc3c2OC(C)(C)C3)cc1. The number of nitrogens with one attached hydrogen (secondary N) is 2. The van der Waals surface area contributed by atoms with Crippen LogP contribution in [0.15, 0.2) is 42.5 Å². The summed E-state index contributed by atoms with van der Waals surface area (Å²) >= 11 is 0. The van der Waals surface area contributed by atoms with Gasteiger partial charge in [-0.15, -0.1) is 0 Å². The molecule has 1 heterocycles.